The van der Waals surface area contributed by atoms with Gasteiger partial charge in [0.1, 0.15) is 0 Å². The average molecular weight is 523 g/mol. The Kier molecular flexibility index (Phi) is 25.4. The van der Waals surface area contributed by atoms with Gasteiger partial charge < -0.3 is 9.47 Å². The molecule has 0 radical (unpaired) electrons. The van der Waals surface area contributed by atoms with Crippen molar-refractivity contribution in [3.63, 3.8) is 0 Å². The van der Waals surface area contributed by atoms with E-state index in [0.29, 0.717) is 30.8 Å². The number of hydrogen-bond acceptors (Lipinski definition) is 4. The second-order valence-corrected chi connectivity index (χ2v) is 11.1. The molecular formula is C33H62O4. The number of carbonyl (C=O) groups is 2. The van der Waals surface area contributed by atoms with Crippen LogP contribution >= 0.6 is 0 Å². The zero-order chi connectivity index (χ0) is 27.6. The topological polar surface area (TPSA) is 52.6 Å². The van der Waals surface area contributed by atoms with E-state index in [2.05, 4.69) is 20.8 Å². The van der Waals surface area contributed by atoms with Gasteiger partial charge in [-0.1, -0.05) is 144 Å². The van der Waals surface area contributed by atoms with Crippen molar-refractivity contribution in [1.29, 1.82) is 0 Å². The third-order valence-corrected chi connectivity index (χ3v) is 7.11. The molecule has 0 aliphatic heterocycles. The number of rotatable bonds is 26. The van der Waals surface area contributed by atoms with Crippen LogP contribution in [0.4, 0.5) is 0 Å². The van der Waals surface area contributed by atoms with Gasteiger partial charge in [0.2, 0.25) is 0 Å². The lowest BCUT2D eigenvalue weighted by Crippen LogP contribution is -2.21. The zero-order valence-corrected chi connectivity index (χ0v) is 25.5. The van der Waals surface area contributed by atoms with Crippen LogP contribution < -0.4 is 0 Å². The molecule has 0 atom stereocenters. The lowest BCUT2D eigenvalue weighted by molar-refractivity contribution is -0.143. The molecule has 0 rings (SSSR count). The van der Waals surface area contributed by atoms with E-state index in [-0.39, 0.29) is 17.9 Å². The Balaban J connectivity index is 4.97. The summed E-state index contributed by atoms with van der Waals surface area (Å²) in [4.78, 5) is 26.2. The van der Waals surface area contributed by atoms with Crippen molar-refractivity contribution in [2.75, 3.05) is 13.2 Å². The fourth-order valence-corrected chi connectivity index (χ4v) is 4.75. The first-order valence-electron chi connectivity index (χ1n) is 16.1. The zero-order valence-electron chi connectivity index (χ0n) is 25.5. The second kappa shape index (κ2) is 26.3. The van der Waals surface area contributed by atoms with Crippen LogP contribution in [0.25, 0.3) is 0 Å². The standard InChI is InChI=1S/C33H62O4/c1-6-9-12-15-18-19-20-23-26-30(32(34)36-27-24-21-16-13-10-7-2)31(29(4)5)33(35)37-28-25-22-17-14-11-8-3/h29H,6-28H2,1-5H3/b31-30-. The molecule has 218 valence electrons. The fraction of sp³-hybridized carbons (Fsp3) is 0.879. The van der Waals surface area contributed by atoms with Gasteiger partial charge in [0.25, 0.3) is 0 Å². The molecule has 37 heavy (non-hydrogen) atoms. The maximum atomic E-state index is 13.2. The predicted molar refractivity (Wildman–Crippen MR) is 158 cm³/mol. The molecule has 0 aliphatic rings. The molecule has 0 aliphatic carbocycles. The highest BCUT2D eigenvalue weighted by Gasteiger charge is 2.25. The van der Waals surface area contributed by atoms with Crippen molar-refractivity contribution in [3.05, 3.63) is 11.1 Å². The number of hydrogen-bond donors (Lipinski definition) is 0. The Hall–Kier alpha value is -1.32. The maximum absolute atomic E-state index is 13.2. The van der Waals surface area contributed by atoms with Crippen LogP contribution in [-0.4, -0.2) is 25.2 Å². The van der Waals surface area contributed by atoms with Crippen molar-refractivity contribution < 1.29 is 19.1 Å². The van der Waals surface area contributed by atoms with Crippen molar-refractivity contribution in [1.82, 2.24) is 0 Å². The van der Waals surface area contributed by atoms with Gasteiger partial charge in [-0.2, -0.15) is 0 Å². The summed E-state index contributed by atoms with van der Waals surface area (Å²) in [6, 6.07) is 0. The number of ether oxygens (including phenoxy) is 2. The third kappa shape index (κ3) is 20.3. The van der Waals surface area contributed by atoms with E-state index >= 15 is 0 Å². The Bertz CT molecular complexity index is 579. The quantitative estimate of drug-likeness (QED) is 0.0644. The minimum Gasteiger partial charge on any atom is -0.462 e. The summed E-state index contributed by atoms with van der Waals surface area (Å²) in [6.07, 6.45) is 24.0. The monoisotopic (exact) mass is 522 g/mol. The number of esters is 2. The van der Waals surface area contributed by atoms with Crippen molar-refractivity contribution in [3.8, 4) is 0 Å². The van der Waals surface area contributed by atoms with Crippen molar-refractivity contribution in [2.24, 2.45) is 5.92 Å². The largest absolute Gasteiger partial charge is 0.462 e. The summed E-state index contributed by atoms with van der Waals surface area (Å²) in [5.74, 6) is -0.700. The smallest absolute Gasteiger partial charge is 0.334 e. The molecule has 4 heteroatoms. The summed E-state index contributed by atoms with van der Waals surface area (Å²) >= 11 is 0. The van der Waals surface area contributed by atoms with E-state index in [4.69, 9.17) is 9.47 Å². The fourth-order valence-electron chi connectivity index (χ4n) is 4.75. The van der Waals surface area contributed by atoms with Crippen molar-refractivity contribution >= 4 is 11.9 Å². The molecule has 0 N–H and O–H groups in total. The van der Waals surface area contributed by atoms with Gasteiger partial charge >= 0.3 is 11.9 Å². The molecule has 0 aromatic carbocycles. The minimum atomic E-state index is -0.324. The summed E-state index contributed by atoms with van der Waals surface area (Å²) in [6.45, 7) is 11.5. The van der Waals surface area contributed by atoms with Gasteiger partial charge in [-0.05, 0) is 31.6 Å². The molecule has 0 spiro atoms. The van der Waals surface area contributed by atoms with E-state index in [1.165, 1.54) is 89.9 Å². The SMILES string of the molecule is CCCCCCCCCC/C(C(=O)OCCCCCCCC)=C(/C(=O)OCCCCCCCC)C(C)C. The molecular weight excluding hydrogens is 460 g/mol. The van der Waals surface area contributed by atoms with Crippen LogP contribution in [0.1, 0.15) is 169 Å². The van der Waals surface area contributed by atoms with Crippen LogP contribution in [0, 0.1) is 5.92 Å². The van der Waals surface area contributed by atoms with E-state index in [9.17, 15) is 9.59 Å². The summed E-state index contributed by atoms with van der Waals surface area (Å²) in [5, 5.41) is 0. The number of carbonyl (C=O) groups excluding carboxylic acids is 2. The highest BCUT2D eigenvalue weighted by Crippen LogP contribution is 2.24. The second-order valence-electron chi connectivity index (χ2n) is 11.1. The summed E-state index contributed by atoms with van der Waals surface area (Å²) in [5.41, 5.74) is 1.08. The molecule has 0 aromatic heterocycles. The first kappa shape index (κ1) is 35.7. The van der Waals surface area contributed by atoms with Crippen LogP contribution in [0.3, 0.4) is 0 Å². The van der Waals surface area contributed by atoms with E-state index < -0.39 is 0 Å². The van der Waals surface area contributed by atoms with E-state index in [1.54, 1.807) is 0 Å². The maximum Gasteiger partial charge on any atom is 0.334 e. The Labute approximate surface area is 230 Å². The third-order valence-electron chi connectivity index (χ3n) is 7.11. The minimum absolute atomic E-state index is 0.0670. The average Bonchev–Trinajstić information content (AvgIpc) is 2.88. The molecule has 0 bridgehead atoms. The van der Waals surface area contributed by atoms with Crippen LogP contribution in [0.5, 0.6) is 0 Å². The Morgan fingerprint density at radius 1 is 0.486 bits per heavy atom. The van der Waals surface area contributed by atoms with Gasteiger partial charge in [-0.3, -0.25) is 0 Å². The van der Waals surface area contributed by atoms with Crippen LogP contribution in [0.15, 0.2) is 11.1 Å². The Morgan fingerprint density at radius 3 is 1.24 bits per heavy atom. The molecule has 0 saturated heterocycles. The molecule has 0 aromatic rings. The lowest BCUT2D eigenvalue weighted by Gasteiger charge is -2.17. The first-order chi connectivity index (χ1) is 18.0. The molecule has 0 unspecified atom stereocenters. The molecule has 0 heterocycles. The van der Waals surface area contributed by atoms with Crippen molar-refractivity contribution in [2.45, 2.75) is 169 Å². The summed E-state index contributed by atoms with van der Waals surface area (Å²) in [7, 11) is 0. The van der Waals surface area contributed by atoms with E-state index in [0.717, 1.165) is 38.5 Å². The molecule has 0 fully saturated rings. The molecule has 0 saturated carbocycles. The van der Waals surface area contributed by atoms with Gasteiger partial charge in [-0.15, -0.1) is 0 Å². The van der Waals surface area contributed by atoms with Gasteiger partial charge in [0.15, 0.2) is 0 Å². The number of unbranched alkanes of at least 4 members (excludes halogenated alkanes) is 17. The molecule has 4 nitrogen and oxygen atoms in total. The van der Waals surface area contributed by atoms with Gasteiger partial charge in [0.05, 0.1) is 18.8 Å². The van der Waals surface area contributed by atoms with Crippen LogP contribution in [-0.2, 0) is 19.1 Å². The lowest BCUT2D eigenvalue weighted by atomic mass is 9.93. The van der Waals surface area contributed by atoms with Gasteiger partial charge in [-0.25, -0.2) is 9.59 Å². The normalized spacial score (nSPS) is 12.1. The Morgan fingerprint density at radius 2 is 0.838 bits per heavy atom. The van der Waals surface area contributed by atoms with E-state index in [1.807, 2.05) is 13.8 Å². The predicted octanol–water partition coefficient (Wildman–Crippen LogP) is 10.3. The first-order valence-corrected chi connectivity index (χ1v) is 16.1. The highest BCUT2D eigenvalue weighted by atomic mass is 16.5. The highest BCUT2D eigenvalue weighted by molar-refractivity contribution is 6.00. The van der Waals surface area contributed by atoms with Crippen LogP contribution in [0.2, 0.25) is 0 Å². The molecule has 0 amide bonds. The summed E-state index contributed by atoms with van der Waals surface area (Å²) < 4.78 is 11.4. The van der Waals surface area contributed by atoms with Gasteiger partial charge in [0, 0.05) is 5.57 Å².